The molecule has 16 heavy (non-hydrogen) atoms. The number of hydrogen-bond donors (Lipinski definition) is 0. The zero-order valence-corrected chi connectivity index (χ0v) is 10.2. The molecule has 86 valence electrons. The van der Waals surface area contributed by atoms with Crippen LogP contribution in [-0.2, 0) is 0 Å². The van der Waals surface area contributed by atoms with Crippen LogP contribution in [0.3, 0.4) is 0 Å². The predicted octanol–water partition coefficient (Wildman–Crippen LogP) is 2.21. The molecule has 1 heterocycles. The van der Waals surface area contributed by atoms with E-state index in [1.54, 1.807) is 0 Å². The summed E-state index contributed by atoms with van der Waals surface area (Å²) >= 11 is 0. The summed E-state index contributed by atoms with van der Waals surface area (Å²) in [6.45, 7) is 10.8. The average molecular weight is 216 g/mol. The van der Waals surface area contributed by atoms with E-state index in [0.29, 0.717) is 0 Å². The lowest BCUT2D eigenvalue weighted by atomic mass is 10.1. The Balaban J connectivity index is 2.08. The lowest BCUT2D eigenvalue weighted by Gasteiger charge is -2.35. The molecule has 0 aliphatic carbocycles. The minimum atomic E-state index is 1.09. The second kappa shape index (κ2) is 4.71. The van der Waals surface area contributed by atoms with E-state index in [9.17, 15) is 0 Å². The monoisotopic (exact) mass is 216 g/mol. The van der Waals surface area contributed by atoms with Gasteiger partial charge in [-0.3, -0.25) is 0 Å². The Morgan fingerprint density at radius 3 is 2.50 bits per heavy atom. The van der Waals surface area contributed by atoms with Gasteiger partial charge in [0.2, 0.25) is 0 Å². The maximum absolute atomic E-state index is 4.22. The van der Waals surface area contributed by atoms with Gasteiger partial charge in [0.15, 0.2) is 0 Å². The number of benzene rings is 1. The molecule has 1 aromatic carbocycles. The van der Waals surface area contributed by atoms with Gasteiger partial charge in [0.25, 0.3) is 0 Å². The van der Waals surface area contributed by atoms with E-state index in [4.69, 9.17) is 0 Å². The number of rotatable bonds is 2. The van der Waals surface area contributed by atoms with Crippen molar-refractivity contribution < 1.29 is 0 Å². The number of nitrogens with zero attached hydrogens (tertiary/aromatic N) is 2. The van der Waals surface area contributed by atoms with Crippen LogP contribution in [0.1, 0.15) is 11.1 Å². The second-order valence-electron chi connectivity index (χ2n) is 4.61. The van der Waals surface area contributed by atoms with Crippen molar-refractivity contribution >= 4 is 5.70 Å². The van der Waals surface area contributed by atoms with Gasteiger partial charge in [-0.2, -0.15) is 0 Å². The van der Waals surface area contributed by atoms with Gasteiger partial charge < -0.3 is 9.80 Å². The summed E-state index contributed by atoms with van der Waals surface area (Å²) in [5, 5.41) is 0. The van der Waals surface area contributed by atoms with Crippen LogP contribution in [-0.4, -0.2) is 43.0 Å². The molecule has 1 aliphatic rings. The molecule has 0 amide bonds. The van der Waals surface area contributed by atoms with Crippen LogP contribution in [0.15, 0.2) is 30.8 Å². The van der Waals surface area contributed by atoms with Crippen LogP contribution in [0.2, 0.25) is 0 Å². The highest BCUT2D eigenvalue weighted by Crippen LogP contribution is 2.19. The van der Waals surface area contributed by atoms with Crippen LogP contribution in [0.25, 0.3) is 5.70 Å². The minimum Gasteiger partial charge on any atom is -0.369 e. The van der Waals surface area contributed by atoms with Gasteiger partial charge in [-0.1, -0.05) is 30.3 Å². The zero-order valence-electron chi connectivity index (χ0n) is 10.2. The Hall–Kier alpha value is -1.28. The normalized spacial score (nSPS) is 17.5. The highest BCUT2D eigenvalue weighted by molar-refractivity contribution is 5.62. The van der Waals surface area contributed by atoms with Crippen molar-refractivity contribution in [1.29, 1.82) is 0 Å². The molecule has 0 radical (unpaired) electrons. The van der Waals surface area contributed by atoms with Crippen LogP contribution >= 0.6 is 0 Å². The fourth-order valence-corrected chi connectivity index (χ4v) is 2.08. The highest BCUT2D eigenvalue weighted by atomic mass is 15.2. The molecule has 2 rings (SSSR count). The highest BCUT2D eigenvalue weighted by Gasteiger charge is 2.15. The molecule has 2 nitrogen and oxygen atoms in total. The number of likely N-dealkylation sites (N-methyl/N-ethyl adjacent to an activating group) is 1. The molecule has 0 atom stereocenters. The maximum atomic E-state index is 4.22. The Labute approximate surface area is 98.2 Å². The first-order valence-electron chi connectivity index (χ1n) is 5.86. The van der Waals surface area contributed by atoms with Crippen molar-refractivity contribution in [2.75, 3.05) is 33.2 Å². The number of aryl methyl sites for hydroxylation is 1. The van der Waals surface area contributed by atoms with E-state index in [2.05, 4.69) is 54.6 Å². The van der Waals surface area contributed by atoms with Gasteiger partial charge in [0.1, 0.15) is 0 Å². The van der Waals surface area contributed by atoms with Gasteiger partial charge in [0.05, 0.1) is 0 Å². The summed E-state index contributed by atoms with van der Waals surface area (Å²) in [6.07, 6.45) is 0. The molecule has 0 bridgehead atoms. The molecule has 1 fully saturated rings. The Morgan fingerprint density at radius 2 is 1.88 bits per heavy atom. The third-order valence-corrected chi connectivity index (χ3v) is 3.24. The van der Waals surface area contributed by atoms with Crippen molar-refractivity contribution in [2.24, 2.45) is 0 Å². The van der Waals surface area contributed by atoms with Crippen LogP contribution in [0.5, 0.6) is 0 Å². The summed E-state index contributed by atoms with van der Waals surface area (Å²) in [7, 11) is 2.17. The van der Waals surface area contributed by atoms with E-state index in [1.807, 2.05) is 0 Å². The molecule has 0 saturated carbocycles. The first-order chi connectivity index (χ1) is 7.66. The summed E-state index contributed by atoms with van der Waals surface area (Å²) in [6, 6.07) is 8.58. The van der Waals surface area contributed by atoms with E-state index < -0.39 is 0 Å². The van der Waals surface area contributed by atoms with Gasteiger partial charge in [-0.25, -0.2) is 0 Å². The largest absolute Gasteiger partial charge is 0.369 e. The average Bonchev–Trinajstić information content (AvgIpc) is 2.29. The minimum absolute atomic E-state index is 1.09. The summed E-state index contributed by atoms with van der Waals surface area (Å²) in [5.41, 5.74) is 3.72. The topological polar surface area (TPSA) is 6.48 Å². The number of piperazine rings is 1. The maximum Gasteiger partial charge on any atom is 0.0367 e. The Morgan fingerprint density at radius 1 is 1.19 bits per heavy atom. The molecule has 1 saturated heterocycles. The van der Waals surface area contributed by atoms with Gasteiger partial charge >= 0.3 is 0 Å². The molecule has 0 spiro atoms. The smallest absolute Gasteiger partial charge is 0.0367 e. The first kappa shape index (κ1) is 11.2. The molecule has 1 aromatic rings. The van der Waals surface area contributed by atoms with E-state index in [-0.39, 0.29) is 0 Å². The first-order valence-corrected chi connectivity index (χ1v) is 5.86. The van der Waals surface area contributed by atoms with Crippen LogP contribution in [0, 0.1) is 6.92 Å². The van der Waals surface area contributed by atoms with E-state index >= 15 is 0 Å². The Kier molecular flexibility index (Phi) is 3.30. The van der Waals surface area contributed by atoms with Crippen molar-refractivity contribution in [1.82, 2.24) is 9.80 Å². The summed E-state index contributed by atoms with van der Waals surface area (Å²) < 4.78 is 0. The molecule has 1 aliphatic heterocycles. The van der Waals surface area contributed by atoms with Gasteiger partial charge in [0, 0.05) is 31.9 Å². The molecule has 0 N–H and O–H groups in total. The SMILES string of the molecule is C=C(c1cccc(C)c1)N1CCN(C)CC1. The zero-order chi connectivity index (χ0) is 11.5. The van der Waals surface area contributed by atoms with Gasteiger partial charge in [-0.15, -0.1) is 0 Å². The summed E-state index contributed by atoms with van der Waals surface area (Å²) in [4.78, 5) is 4.74. The molecule has 2 heteroatoms. The fourth-order valence-electron chi connectivity index (χ4n) is 2.08. The van der Waals surface area contributed by atoms with E-state index in [0.717, 1.165) is 31.9 Å². The molecular formula is C14H20N2. The van der Waals surface area contributed by atoms with Crippen molar-refractivity contribution in [3.8, 4) is 0 Å². The van der Waals surface area contributed by atoms with Crippen molar-refractivity contribution in [3.63, 3.8) is 0 Å². The quantitative estimate of drug-likeness (QED) is 0.748. The predicted molar refractivity (Wildman–Crippen MR) is 69.3 cm³/mol. The van der Waals surface area contributed by atoms with Gasteiger partial charge in [-0.05, 0) is 25.6 Å². The molecule has 0 aromatic heterocycles. The van der Waals surface area contributed by atoms with Crippen LogP contribution in [0.4, 0.5) is 0 Å². The fraction of sp³-hybridized carbons (Fsp3) is 0.429. The van der Waals surface area contributed by atoms with Crippen molar-refractivity contribution in [2.45, 2.75) is 6.92 Å². The molecule has 0 unspecified atom stereocenters. The lowest BCUT2D eigenvalue weighted by Crippen LogP contribution is -2.43. The third-order valence-electron chi connectivity index (χ3n) is 3.24. The second-order valence-corrected chi connectivity index (χ2v) is 4.61. The molecular weight excluding hydrogens is 196 g/mol. The number of hydrogen-bond acceptors (Lipinski definition) is 2. The van der Waals surface area contributed by atoms with Crippen LogP contribution < -0.4 is 0 Å². The lowest BCUT2D eigenvalue weighted by molar-refractivity contribution is 0.207. The van der Waals surface area contributed by atoms with Crippen molar-refractivity contribution in [3.05, 3.63) is 42.0 Å². The van der Waals surface area contributed by atoms with E-state index in [1.165, 1.54) is 11.1 Å². The standard InChI is InChI=1S/C14H20N2/c1-12-5-4-6-14(11-12)13(2)16-9-7-15(3)8-10-16/h4-6,11H,2,7-10H2,1,3H3. The Bertz CT molecular complexity index is 376. The third kappa shape index (κ3) is 2.45. The summed E-state index contributed by atoms with van der Waals surface area (Å²) in [5.74, 6) is 0.